The first-order chi connectivity index (χ1) is 7.33. The fourth-order valence-electron chi connectivity index (χ4n) is 1.40. The zero-order chi connectivity index (χ0) is 13.7. The smallest absolute Gasteiger partial charge is 0.328 e. The minimum absolute atomic E-state index is 0.308. The van der Waals surface area contributed by atoms with Crippen LogP contribution >= 0.6 is 0 Å². The summed E-state index contributed by atoms with van der Waals surface area (Å²) in [5.74, 6) is -7.20. The summed E-state index contributed by atoms with van der Waals surface area (Å²) in [7, 11) is 0. The maximum absolute atomic E-state index is 13.8. The number of hydrogen-bond acceptors (Lipinski definition) is 3. The molecule has 1 aliphatic rings. The molecule has 0 radical (unpaired) electrons. The SMILES string of the molecule is CC(N)CC1(F)OC(F)(C(F)(F)F)OC1(C)F. The second-order valence-electron chi connectivity index (χ2n) is 4.06. The average Bonchev–Trinajstić information content (AvgIpc) is 2.14. The molecule has 1 saturated heterocycles. The van der Waals surface area contributed by atoms with Crippen molar-refractivity contribution in [3.63, 3.8) is 0 Å². The van der Waals surface area contributed by atoms with Gasteiger partial charge in [0.2, 0.25) is 0 Å². The van der Waals surface area contributed by atoms with E-state index in [2.05, 4.69) is 9.47 Å². The van der Waals surface area contributed by atoms with E-state index < -0.39 is 36.4 Å². The molecule has 9 heteroatoms. The molecule has 0 aromatic heterocycles. The van der Waals surface area contributed by atoms with Crippen LogP contribution in [0.2, 0.25) is 0 Å². The lowest BCUT2D eigenvalue weighted by Crippen LogP contribution is -2.46. The Morgan fingerprint density at radius 3 is 1.94 bits per heavy atom. The van der Waals surface area contributed by atoms with Crippen LogP contribution in [0.25, 0.3) is 0 Å². The van der Waals surface area contributed by atoms with Gasteiger partial charge in [0, 0.05) is 19.4 Å². The molecule has 0 aromatic carbocycles. The molecule has 1 aliphatic heterocycles. The average molecular weight is 267 g/mol. The molecule has 2 N–H and O–H groups in total. The lowest BCUT2D eigenvalue weighted by Gasteiger charge is -2.27. The van der Waals surface area contributed by atoms with Gasteiger partial charge in [-0.1, -0.05) is 0 Å². The molecule has 102 valence electrons. The third-order valence-corrected chi connectivity index (χ3v) is 2.21. The molecule has 0 spiro atoms. The van der Waals surface area contributed by atoms with Crippen LogP contribution in [-0.2, 0) is 9.47 Å². The molecule has 4 atom stereocenters. The number of nitrogens with two attached hydrogens (primary N) is 1. The Morgan fingerprint density at radius 1 is 1.18 bits per heavy atom. The first-order valence-electron chi connectivity index (χ1n) is 4.62. The zero-order valence-electron chi connectivity index (χ0n) is 8.95. The lowest BCUT2D eigenvalue weighted by atomic mass is 10.0. The summed E-state index contributed by atoms with van der Waals surface area (Å²) in [4.78, 5) is 0. The second-order valence-corrected chi connectivity index (χ2v) is 4.06. The summed E-state index contributed by atoms with van der Waals surface area (Å²) in [6, 6.07) is -5.87. The van der Waals surface area contributed by atoms with Crippen LogP contribution in [0.3, 0.4) is 0 Å². The van der Waals surface area contributed by atoms with Gasteiger partial charge in [-0.3, -0.25) is 9.47 Å². The highest BCUT2D eigenvalue weighted by atomic mass is 19.4. The van der Waals surface area contributed by atoms with Gasteiger partial charge in [0.15, 0.2) is 0 Å². The van der Waals surface area contributed by atoms with Crippen LogP contribution in [-0.4, -0.2) is 30.0 Å². The van der Waals surface area contributed by atoms with E-state index in [1.54, 1.807) is 0 Å². The molecule has 0 bridgehead atoms. The summed E-state index contributed by atoms with van der Waals surface area (Å²) in [6.07, 6.45) is -6.70. The van der Waals surface area contributed by atoms with Crippen molar-refractivity contribution in [3.8, 4) is 0 Å². The molecule has 0 aliphatic carbocycles. The third kappa shape index (κ3) is 2.36. The Morgan fingerprint density at radius 2 is 1.65 bits per heavy atom. The topological polar surface area (TPSA) is 44.5 Å². The van der Waals surface area contributed by atoms with Gasteiger partial charge in [0.05, 0.1) is 0 Å². The first kappa shape index (κ1) is 14.5. The summed E-state index contributed by atoms with van der Waals surface area (Å²) >= 11 is 0. The van der Waals surface area contributed by atoms with Gasteiger partial charge in [-0.15, -0.1) is 0 Å². The molecule has 3 nitrogen and oxygen atoms in total. The Labute approximate surface area is 92.8 Å². The van der Waals surface area contributed by atoms with E-state index in [4.69, 9.17) is 5.73 Å². The van der Waals surface area contributed by atoms with Crippen molar-refractivity contribution < 1.29 is 35.8 Å². The number of halogens is 6. The largest absolute Gasteiger partial charge is 0.478 e. The molecular weight excluding hydrogens is 256 g/mol. The van der Waals surface area contributed by atoms with E-state index >= 15 is 0 Å². The maximum Gasteiger partial charge on any atom is 0.478 e. The molecule has 0 aromatic rings. The van der Waals surface area contributed by atoms with Crippen LogP contribution in [0.5, 0.6) is 0 Å². The Kier molecular flexibility index (Phi) is 3.18. The van der Waals surface area contributed by atoms with Crippen LogP contribution < -0.4 is 5.73 Å². The van der Waals surface area contributed by atoms with Crippen LogP contribution in [0.15, 0.2) is 0 Å². The summed E-state index contributed by atoms with van der Waals surface area (Å²) in [5, 5.41) is 0. The van der Waals surface area contributed by atoms with Crippen LogP contribution in [0.4, 0.5) is 26.3 Å². The van der Waals surface area contributed by atoms with E-state index in [0.717, 1.165) is 0 Å². The van der Waals surface area contributed by atoms with E-state index in [1.165, 1.54) is 6.92 Å². The van der Waals surface area contributed by atoms with E-state index in [1.807, 2.05) is 0 Å². The van der Waals surface area contributed by atoms with Gasteiger partial charge < -0.3 is 5.73 Å². The molecule has 1 rings (SSSR count). The molecule has 17 heavy (non-hydrogen) atoms. The molecule has 1 heterocycles. The minimum atomic E-state index is -5.72. The number of rotatable bonds is 2. The predicted molar refractivity (Wildman–Crippen MR) is 43.7 cm³/mol. The monoisotopic (exact) mass is 267 g/mol. The highest BCUT2D eigenvalue weighted by Gasteiger charge is 2.76. The number of alkyl halides is 6. The summed E-state index contributed by atoms with van der Waals surface area (Å²) < 4.78 is 84.0. The van der Waals surface area contributed by atoms with Gasteiger partial charge in [0.25, 0.3) is 11.7 Å². The van der Waals surface area contributed by atoms with Gasteiger partial charge >= 0.3 is 12.2 Å². The highest BCUT2D eigenvalue weighted by molar-refractivity contribution is 4.94. The van der Waals surface area contributed by atoms with Crippen molar-refractivity contribution in [3.05, 3.63) is 0 Å². The van der Waals surface area contributed by atoms with Crippen molar-refractivity contribution >= 4 is 0 Å². The molecule has 1 fully saturated rings. The van der Waals surface area contributed by atoms with E-state index in [-0.39, 0.29) is 0 Å². The normalized spacial score (nSPS) is 45.0. The van der Waals surface area contributed by atoms with Gasteiger partial charge in [-0.05, 0) is 6.92 Å². The molecule has 0 amide bonds. The number of hydrogen-bond donors (Lipinski definition) is 1. The van der Waals surface area contributed by atoms with E-state index in [9.17, 15) is 26.3 Å². The van der Waals surface area contributed by atoms with Crippen LogP contribution in [0, 0.1) is 0 Å². The maximum atomic E-state index is 13.8. The molecular formula is C8H11F6NO2. The quantitative estimate of drug-likeness (QED) is 0.781. The Balaban J connectivity index is 3.05. The van der Waals surface area contributed by atoms with Gasteiger partial charge in [-0.25, -0.2) is 8.78 Å². The summed E-state index contributed by atoms with van der Waals surface area (Å²) in [5.41, 5.74) is 5.13. The van der Waals surface area contributed by atoms with Gasteiger partial charge in [-0.2, -0.15) is 17.6 Å². The summed E-state index contributed by atoms with van der Waals surface area (Å²) in [6.45, 7) is 1.51. The second kappa shape index (κ2) is 3.72. The van der Waals surface area contributed by atoms with Crippen molar-refractivity contribution in [1.29, 1.82) is 0 Å². The van der Waals surface area contributed by atoms with E-state index in [0.29, 0.717) is 6.92 Å². The zero-order valence-corrected chi connectivity index (χ0v) is 8.95. The Bertz CT molecular complexity index is 307. The predicted octanol–water partition coefficient (Wildman–Crippen LogP) is 2.31. The first-order valence-corrected chi connectivity index (χ1v) is 4.62. The fourth-order valence-corrected chi connectivity index (χ4v) is 1.40. The molecule has 0 saturated carbocycles. The third-order valence-electron chi connectivity index (χ3n) is 2.21. The van der Waals surface area contributed by atoms with Crippen molar-refractivity contribution in [1.82, 2.24) is 0 Å². The van der Waals surface area contributed by atoms with Crippen molar-refractivity contribution in [2.75, 3.05) is 0 Å². The van der Waals surface area contributed by atoms with Gasteiger partial charge in [0.1, 0.15) is 0 Å². The number of ether oxygens (including phenoxy) is 2. The molecule has 4 unspecified atom stereocenters. The van der Waals surface area contributed by atoms with Crippen molar-refractivity contribution in [2.45, 2.75) is 50.2 Å². The minimum Gasteiger partial charge on any atom is -0.328 e. The highest BCUT2D eigenvalue weighted by Crippen LogP contribution is 2.54. The van der Waals surface area contributed by atoms with Crippen LogP contribution in [0.1, 0.15) is 20.3 Å². The lowest BCUT2D eigenvalue weighted by molar-refractivity contribution is -0.426. The fraction of sp³-hybridized carbons (Fsp3) is 1.00. The Hall–Kier alpha value is -0.540. The standard InChI is InChI=1S/C8H11F6NO2/c1-4(15)3-6(10)5(2,9)16-8(14,17-6)7(11,12)13/h4H,3,15H2,1-2H3. The van der Waals surface area contributed by atoms with Crippen molar-refractivity contribution in [2.24, 2.45) is 5.73 Å².